The van der Waals surface area contributed by atoms with Gasteiger partial charge in [-0.3, -0.25) is 9.59 Å². The molecule has 2 aromatic carbocycles. The van der Waals surface area contributed by atoms with Crippen LogP contribution in [0.2, 0.25) is 0 Å². The molecule has 0 unspecified atom stereocenters. The molecular weight excluding hydrogens is 612 g/mol. The monoisotopic (exact) mass is 660 g/mol. The minimum atomic E-state index is -2.51. The summed E-state index contributed by atoms with van der Waals surface area (Å²) in [5.74, 6) is -3.84. The number of nitrogens with one attached hydrogen (secondary N) is 3. The van der Waals surface area contributed by atoms with Crippen molar-refractivity contribution in [2.45, 2.75) is 110 Å². The molecular formula is C35H48F4N6O2. The van der Waals surface area contributed by atoms with Gasteiger partial charge in [0, 0.05) is 69.4 Å². The molecule has 2 aliphatic rings. The summed E-state index contributed by atoms with van der Waals surface area (Å²) in [6.07, 6.45) is 2.03. The lowest BCUT2D eigenvalue weighted by Crippen LogP contribution is -2.28. The largest absolute Gasteiger partial charge is 0.397 e. The highest BCUT2D eigenvalue weighted by molar-refractivity contribution is 5.92. The van der Waals surface area contributed by atoms with Crippen LogP contribution < -0.4 is 21.7 Å². The topological polar surface area (TPSA) is 114 Å². The van der Waals surface area contributed by atoms with E-state index in [4.69, 9.17) is 10.7 Å². The molecule has 2 saturated carbocycles. The number of hydrogen-bond donors (Lipinski definition) is 4. The van der Waals surface area contributed by atoms with Crippen molar-refractivity contribution in [1.82, 2.24) is 9.55 Å². The van der Waals surface area contributed by atoms with Gasteiger partial charge in [0.25, 0.3) is 0 Å². The molecule has 2 aliphatic carbocycles. The quantitative estimate of drug-likeness (QED) is 0.150. The number of hydrogen-bond acceptors (Lipinski definition) is 5. The molecule has 0 aliphatic heterocycles. The van der Waals surface area contributed by atoms with Crippen LogP contribution in [0.1, 0.15) is 91.8 Å². The summed E-state index contributed by atoms with van der Waals surface area (Å²) in [4.78, 5) is 27.1. The average molecular weight is 661 g/mol. The Balaban J connectivity index is 0.000000218. The van der Waals surface area contributed by atoms with Gasteiger partial charge in [0.1, 0.15) is 5.82 Å². The van der Waals surface area contributed by atoms with E-state index in [9.17, 15) is 27.2 Å². The predicted molar refractivity (Wildman–Crippen MR) is 180 cm³/mol. The lowest BCUT2D eigenvalue weighted by atomic mass is 9.86. The second-order valence-electron chi connectivity index (χ2n) is 14.1. The summed E-state index contributed by atoms with van der Waals surface area (Å²) < 4.78 is 55.3. The number of nitrogen functional groups attached to an aromatic ring is 1. The second kappa shape index (κ2) is 14.5. The lowest BCUT2D eigenvalue weighted by molar-refractivity contribution is -0.115. The first-order chi connectivity index (χ1) is 21.9. The smallest absolute Gasteiger partial charge is 0.248 e. The molecule has 5 rings (SSSR count). The normalized spacial score (nSPS) is 18.2. The van der Waals surface area contributed by atoms with E-state index in [1.807, 2.05) is 18.2 Å². The Morgan fingerprint density at radius 1 is 0.851 bits per heavy atom. The van der Waals surface area contributed by atoms with E-state index in [-0.39, 0.29) is 54.7 Å². The Labute approximate surface area is 274 Å². The lowest BCUT2D eigenvalue weighted by Gasteiger charge is -2.30. The molecule has 1 aromatic heterocycles. The maximum absolute atomic E-state index is 13.5. The van der Waals surface area contributed by atoms with Gasteiger partial charge in [0.05, 0.1) is 22.4 Å². The molecule has 0 spiro atoms. The minimum absolute atomic E-state index is 0.0260. The van der Waals surface area contributed by atoms with E-state index in [0.29, 0.717) is 55.8 Å². The molecule has 2 amide bonds. The third-order valence-corrected chi connectivity index (χ3v) is 8.81. The highest BCUT2D eigenvalue weighted by atomic mass is 19.3. The number of anilines is 4. The Bertz CT molecular complexity index is 1550. The standard InChI is InChI=1S/C20H27F2N3O.C15H21F2N3O/c1-13(26)23-15-5-6-17-16(11-15)24-18(19(2,3)4)25(17)12-14-7-9-20(21,22)10-8-14;1-10(21)20-12-2-3-14(13(18)8-12)19-9-11-4-6-15(16,17)7-5-11/h5-6,11,14H,7-10,12H2,1-4H3,(H,23,26);2-3,8,11,19H,4-7,9,18H2,1H3,(H,20,21). The van der Waals surface area contributed by atoms with Crippen LogP contribution in [0.25, 0.3) is 11.0 Å². The van der Waals surface area contributed by atoms with Crippen molar-refractivity contribution in [3.63, 3.8) is 0 Å². The third kappa shape index (κ3) is 10.3. The number of nitrogens with two attached hydrogens (primary N) is 1. The van der Waals surface area contributed by atoms with Crippen molar-refractivity contribution in [3.05, 3.63) is 42.2 Å². The van der Waals surface area contributed by atoms with Crippen LogP contribution in [-0.2, 0) is 21.5 Å². The third-order valence-electron chi connectivity index (χ3n) is 8.81. The van der Waals surface area contributed by atoms with Crippen LogP contribution in [0.5, 0.6) is 0 Å². The zero-order valence-corrected chi connectivity index (χ0v) is 28.0. The average Bonchev–Trinajstić information content (AvgIpc) is 3.32. The summed E-state index contributed by atoms with van der Waals surface area (Å²) in [7, 11) is 0. The number of benzene rings is 2. The van der Waals surface area contributed by atoms with Crippen LogP contribution >= 0.6 is 0 Å². The molecule has 47 heavy (non-hydrogen) atoms. The molecule has 1 heterocycles. The molecule has 8 nitrogen and oxygen atoms in total. The van der Waals surface area contributed by atoms with Gasteiger partial charge in [-0.1, -0.05) is 20.8 Å². The van der Waals surface area contributed by atoms with Gasteiger partial charge < -0.3 is 26.3 Å². The van der Waals surface area contributed by atoms with Crippen LogP contribution in [0.4, 0.5) is 40.3 Å². The van der Waals surface area contributed by atoms with Gasteiger partial charge in [0.15, 0.2) is 0 Å². The van der Waals surface area contributed by atoms with Gasteiger partial charge in [-0.15, -0.1) is 0 Å². The van der Waals surface area contributed by atoms with Crippen molar-refractivity contribution >= 4 is 45.6 Å². The number of carbonyl (C=O) groups excluding carboxylic acids is 2. The first-order valence-corrected chi connectivity index (χ1v) is 16.4. The molecule has 5 N–H and O–H groups in total. The van der Waals surface area contributed by atoms with Gasteiger partial charge in [0.2, 0.25) is 23.7 Å². The zero-order valence-electron chi connectivity index (χ0n) is 28.0. The van der Waals surface area contributed by atoms with Crippen LogP contribution in [0.15, 0.2) is 36.4 Å². The molecule has 258 valence electrons. The maximum Gasteiger partial charge on any atom is 0.248 e. The number of imidazole rings is 1. The predicted octanol–water partition coefficient (Wildman–Crippen LogP) is 8.58. The van der Waals surface area contributed by atoms with Crippen molar-refractivity contribution in [2.24, 2.45) is 11.8 Å². The SMILES string of the molecule is CC(=O)Nc1ccc(NCC2CCC(F)(F)CC2)c(N)c1.CC(=O)Nc1ccc2c(c1)nc(C(C)(C)C)n2CC1CCC(F)(F)CC1. The number of carbonyl (C=O) groups is 2. The Morgan fingerprint density at radius 2 is 1.36 bits per heavy atom. The van der Waals surface area contributed by atoms with E-state index >= 15 is 0 Å². The molecule has 0 atom stereocenters. The second-order valence-corrected chi connectivity index (χ2v) is 14.1. The van der Waals surface area contributed by atoms with Crippen molar-refractivity contribution < 1.29 is 27.2 Å². The highest BCUT2D eigenvalue weighted by Gasteiger charge is 2.36. The molecule has 0 saturated heterocycles. The zero-order chi connectivity index (χ0) is 34.6. The fourth-order valence-corrected chi connectivity index (χ4v) is 6.27. The van der Waals surface area contributed by atoms with E-state index in [1.165, 1.54) is 13.8 Å². The summed E-state index contributed by atoms with van der Waals surface area (Å²) >= 11 is 0. The summed E-state index contributed by atoms with van der Waals surface area (Å²) in [6, 6.07) is 10.9. The summed E-state index contributed by atoms with van der Waals surface area (Å²) in [6.45, 7) is 10.6. The molecule has 2 fully saturated rings. The number of amides is 2. The fraction of sp³-hybridized carbons (Fsp3) is 0.571. The number of halogens is 4. The molecule has 0 bridgehead atoms. The number of alkyl halides is 4. The van der Waals surface area contributed by atoms with Gasteiger partial charge in [-0.25, -0.2) is 22.5 Å². The van der Waals surface area contributed by atoms with Gasteiger partial charge in [-0.05, 0) is 73.9 Å². The first kappa shape index (κ1) is 36.0. The molecule has 12 heteroatoms. The van der Waals surface area contributed by atoms with E-state index < -0.39 is 11.8 Å². The minimum Gasteiger partial charge on any atom is -0.397 e. The number of nitrogens with zero attached hydrogens (tertiary/aromatic N) is 2. The number of rotatable bonds is 7. The van der Waals surface area contributed by atoms with Gasteiger partial charge >= 0.3 is 0 Å². The van der Waals surface area contributed by atoms with Crippen molar-refractivity contribution in [3.8, 4) is 0 Å². The molecule has 3 aromatic rings. The number of fused-ring (bicyclic) bond motifs is 1. The first-order valence-electron chi connectivity index (χ1n) is 16.4. The molecule has 0 radical (unpaired) electrons. The number of aromatic nitrogens is 2. The fourth-order valence-electron chi connectivity index (χ4n) is 6.27. The highest BCUT2D eigenvalue weighted by Crippen LogP contribution is 2.39. The van der Waals surface area contributed by atoms with Crippen LogP contribution in [0.3, 0.4) is 0 Å². The maximum atomic E-state index is 13.5. The van der Waals surface area contributed by atoms with Crippen LogP contribution in [-0.4, -0.2) is 39.8 Å². The van der Waals surface area contributed by atoms with E-state index in [1.54, 1.807) is 18.2 Å². The van der Waals surface area contributed by atoms with Crippen molar-refractivity contribution in [2.75, 3.05) is 28.2 Å². The Kier molecular flexibility index (Phi) is 11.1. The van der Waals surface area contributed by atoms with Crippen LogP contribution in [0, 0.1) is 11.8 Å². The van der Waals surface area contributed by atoms with E-state index in [0.717, 1.165) is 22.5 Å². The summed E-state index contributed by atoms with van der Waals surface area (Å²) in [5, 5.41) is 8.65. The van der Waals surface area contributed by atoms with Crippen molar-refractivity contribution in [1.29, 1.82) is 0 Å². The summed E-state index contributed by atoms with van der Waals surface area (Å²) in [5.41, 5.74) is 10.2. The van der Waals surface area contributed by atoms with E-state index in [2.05, 4.69) is 41.3 Å². The van der Waals surface area contributed by atoms with Gasteiger partial charge in [-0.2, -0.15) is 0 Å². The Morgan fingerprint density at radius 3 is 1.87 bits per heavy atom. The Hall–Kier alpha value is -3.83.